The lowest BCUT2D eigenvalue weighted by Crippen LogP contribution is -1.92. The van der Waals surface area contributed by atoms with E-state index >= 15 is 0 Å². The van der Waals surface area contributed by atoms with Crippen molar-refractivity contribution in [3.63, 3.8) is 0 Å². The van der Waals surface area contributed by atoms with Gasteiger partial charge in [-0.1, -0.05) is 6.07 Å². The minimum Gasteiger partial charge on any atom is -0.491 e. The predicted octanol–water partition coefficient (Wildman–Crippen LogP) is 1.51. The van der Waals surface area contributed by atoms with Gasteiger partial charge in [0.1, 0.15) is 5.75 Å². The second kappa shape index (κ2) is 2.16. The van der Waals surface area contributed by atoms with Crippen LogP contribution in [0.5, 0.6) is 5.75 Å². The summed E-state index contributed by atoms with van der Waals surface area (Å²) in [5, 5.41) is 0. The van der Waals surface area contributed by atoms with E-state index in [1.165, 1.54) is 11.1 Å². The summed E-state index contributed by atoms with van der Waals surface area (Å²) in [6, 6.07) is 4.09. The van der Waals surface area contributed by atoms with Gasteiger partial charge < -0.3 is 10.5 Å². The number of nitrogen functional groups attached to an aromatic ring is 1. The van der Waals surface area contributed by atoms with E-state index in [-0.39, 0.29) is 0 Å². The molecule has 1 aromatic carbocycles. The molecular weight excluding hydrogens is 138 g/mol. The summed E-state index contributed by atoms with van der Waals surface area (Å²) in [6.07, 6.45) is 1.00. The minimum atomic E-state index is 0.775. The molecule has 0 unspecified atom stereocenters. The van der Waals surface area contributed by atoms with Crippen molar-refractivity contribution in [1.29, 1.82) is 0 Å². The Hall–Kier alpha value is -1.18. The van der Waals surface area contributed by atoms with E-state index in [9.17, 15) is 0 Å². The fourth-order valence-corrected chi connectivity index (χ4v) is 1.50. The van der Waals surface area contributed by atoms with Gasteiger partial charge in [0.15, 0.2) is 0 Å². The summed E-state index contributed by atoms with van der Waals surface area (Å²) >= 11 is 0. The largest absolute Gasteiger partial charge is 0.491 e. The van der Waals surface area contributed by atoms with Gasteiger partial charge in [0.2, 0.25) is 0 Å². The molecule has 2 N–H and O–H groups in total. The van der Waals surface area contributed by atoms with Gasteiger partial charge in [-0.3, -0.25) is 0 Å². The highest BCUT2D eigenvalue weighted by molar-refractivity contribution is 5.60. The highest BCUT2D eigenvalue weighted by Gasteiger charge is 2.14. The zero-order chi connectivity index (χ0) is 7.84. The van der Waals surface area contributed by atoms with Gasteiger partial charge in [-0.25, -0.2) is 0 Å². The molecule has 1 aromatic rings. The number of hydrogen-bond donors (Lipinski definition) is 1. The number of rotatable bonds is 0. The molecule has 2 heteroatoms. The second-order valence-corrected chi connectivity index (χ2v) is 2.94. The third kappa shape index (κ3) is 0.946. The molecule has 0 spiro atoms. The maximum atomic E-state index is 5.75. The van der Waals surface area contributed by atoms with Gasteiger partial charge in [-0.05, 0) is 24.1 Å². The van der Waals surface area contributed by atoms with E-state index in [0.717, 1.165) is 24.5 Å². The Balaban J connectivity index is 2.60. The molecule has 0 atom stereocenters. The van der Waals surface area contributed by atoms with Gasteiger partial charge in [0.25, 0.3) is 0 Å². The zero-order valence-electron chi connectivity index (χ0n) is 6.55. The summed E-state index contributed by atoms with van der Waals surface area (Å²) in [5.74, 6) is 0.899. The molecule has 0 amide bonds. The molecule has 11 heavy (non-hydrogen) atoms. The van der Waals surface area contributed by atoms with Crippen molar-refractivity contribution in [1.82, 2.24) is 0 Å². The van der Waals surface area contributed by atoms with E-state index in [1.807, 2.05) is 6.07 Å². The molecule has 0 radical (unpaired) electrons. The number of hydrogen-bond acceptors (Lipinski definition) is 2. The predicted molar refractivity (Wildman–Crippen MR) is 44.8 cm³/mol. The van der Waals surface area contributed by atoms with Crippen molar-refractivity contribution >= 4 is 5.69 Å². The van der Waals surface area contributed by atoms with Gasteiger partial charge in [-0.15, -0.1) is 0 Å². The third-order valence-corrected chi connectivity index (χ3v) is 1.96. The van der Waals surface area contributed by atoms with Crippen LogP contribution in [-0.4, -0.2) is 6.61 Å². The van der Waals surface area contributed by atoms with Crippen LogP contribution in [0.1, 0.15) is 11.1 Å². The summed E-state index contributed by atoms with van der Waals surface area (Å²) in [5.41, 5.74) is 8.99. The molecule has 1 aliphatic rings. The Kier molecular flexibility index (Phi) is 1.28. The van der Waals surface area contributed by atoms with Gasteiger partial charge in [0, 0.05) is 6.42 Å². The molecule has 1 heterocycles. The molecule has 0 aliphatic carbocycles. The third-order valence-electron chi connectivity index (χ3n) is 1.96. The number of ether oxygens (including phenoxy) is 1. The lowest BCUT2D eigenvalue weighted by molar-refractivity contribution is 0.358. The lowest BCUT2D eigenvalue weighted by Gasteiger charge is -2.03. The minimum absolute atomic E-state index is 0.775. The van der Waals surface area contributed by atoms with Crippen molar-refractivity contribution in [3.8, 4) is 5.75 Å². The van der Waals surface area contributed by atoms with Crippen LogP contribution >= 0.6 is 0 Å². The maximum Gasteiger partial charge on any atom is 0.145 e. The molecule has 2 nitrogen and oxygen atoms in total. The molecule has 2 rings (SSSR count). The Morgan fingerprint density at radius 2 is 2.27 bits per heavy atom. The summed E-state index contributed by atoms with van der Waals surface area (Å²) in [7, 11) is 0. The highest BCUT2D eigenvalue weighted by Crippen LogP contribution is 2.32. The molecular formula is C9H11NO. The molecule has 0 fully saturated rings. The Bertz CT molecular complexity index is 294. The Morgan fingerprint density at radius 1 is 1.45 bits per heavy atom. The van der Waals surface area contributed by atoms with E-state index in [2.05, 4.69) is 13.0 Å². The monoisotopic (exact) mass is 149 g/mol. The first-order chi connectivity index (χ1) is 5.27. The SMILES string of the molecule is Cc1cc(N)c2c(c1)CCO2. The van der Waals surface area contributed by atoms with Crippen LogP contribution in [0.4, 0.5) is 5.69 Å². The Morgan fingerprint density at radius 3 is 3.09 bits per heavy atom. The number of fused-ring (bicyclic) bond motifs is 1. The van der Waals surface area contributed by atoms with Crippen LogP contribution in [0.25, 0.3) is 0 Å². The van der Waals surface area contributed by atoms with Crippen LogP contribution in [0.2, 0.25) is 0 Å². The summed E-state index contributed by atoms with van der Waals surface area (Å²) in [6.45, 7) is 2.83. The quantitative estimate of drug-likeness (QED) is 0.567. The van der Waals surface area contributed by atoms with E-state index in [1.54, 1.807) is 0 Å². The fourth-order valence-electron chi connectivity index (χ4n) is 1.50. The second-order valence-electron chi connectivity index (χ2n) is 2.94. The van der Waals surface area contributed by atoms with Crippen LogP contribution in [0.15, 0.2) is 12.1 Å². The van der Waals surface area contributed by atoms with E-state index in [0.29, 0.717) is 0 Å². The average Bonchev–Trinajstić information content (AvgIpc) is 2.34. The van der Waals surface area contributed by atoms with Crippen molar-refractivity contribution < 1.29 is 4.74 Å². The van der Waals surface area contributed by atoms with Crippen LogP contribution < -0.4 is 10.5 Å². The first-order valence-corrected chi connectivity index (χ1v) is 3.79. The van der Waals surface area contributed by atoms with Crippen molar-refractivity contribution in [3.05, 3.63) is 23.3 Å². The van der Waals surface area contributed by atoms with Gasteiger partial charge >= 0.3 is 0 Å². The molecule has 0 aromatic heterocycles. The van der Waals surface area contributed by atoms with Crippen LogP contribution in [0.3, 0.4) is 0 Å². The normalized spacial score (nSPS) is 14.3. The van der Waals surface area contributed by atoms with Crippen LogP contribution in [-0.2, 0) is 6.42 Å². The molecule has 1 aliphatic heterocycles. The number of nitrogens with two attached hydrogens (primary N) is 1. The zero-order valence-corrected chi connectivity index (χ0v) is 6.55. The maximum absolute atomic E-state index is 5.75. The molecule has 0 saturated heterocycles. The van der Waals surface area contributed by atoms with Crippen LogP contribution in [0, 0.1) is 6.92 Å². The van der Waals surface area contributed by atoms with Crippen molar-refractivity contribution in [2.75, 3.05) is 12.3 Å². The highest BCUT2D eigenvalue weighted by atomic mass is 16.5. The summed E-state index contributed by atoms with van der Waals surface area (Å²) in [4.78, 5) is 0. The van der Waals surface area contributed by atoms with Crippen molar-refractivity contribution in [2.45, 2.75) is 13.3 Å². The number of anilines is 1. The first-order valence-electron chi connectivity index (χ1n) is 3.79. The van der Waals surface area contributed by atoms with E-state index in [4.69, 9.17) is 10.5 Å². The smallest absolute Gasteiger partial charge is 0.145 e. The molecule has 58 valence electrons. The standard InChI is InChI=1S/C9H11NO/c1-6-4-7-2-3-11-9(7)8(10)5-6/h4-5H,2-3,10H2,1H3. The Labute approximate surface area is 66.0 Å². The van der Waals surface area contributed by atoms with Gasteiger partial charge in [0.05, 0.1) is 12.3 Å². The average molecular weight is 149 g/mol. The molecule has 0 saturated carbocycles. The summed E-state index contributed by atoms with van der Waals surface area (Å²) < 4.78 is 5.36. The molecule has 0 bridgehead atoms. The van der Waals surface area contributed by atoms with Gasteiger partial charge in [-0.2, -0.15) is 0 Å². The van der Waals surface area contributed by atoms with Crippen molar-refractivity contribution in [2.24, 2.45) is 0 Å². The first kappa shape index (κ1) is 6.53. The fraction of sp³-hybridized carbons (Fsp3) is 0.333. The van der Waals surface area contributed by atoms with E-state index < -0.39 is 0 Å². The topological polar surface area (TPSA) is 35.2 Å². The number of aryl methyl sites for hydroxylation is 1. The number of benzene rings is 1. The lowest BCUT2D eigenvalue weighted by atomic mass is 10.1.